The highest BCUT2D eigenvalue weighted by Gasteiger charge is 2.18. The number of rotatable bonds is 7. The van der Waals surface area contributed by atoms with E-state index in [0.29, 0.717) is 23.0 Å². The van der Waals surface area contributed by atoms with E-state index in [-0.39, 0.29) is 6.42 Å². The van der Waals surface area contributed by atoms with E-state index in [1.807, 2.05) is 48.5 Å². The smallest absolute Gasteiger partial charge is 0.198 e. The molecule has 3 rings (SSSR count). The van der Waals surface area contributed by atoms with E-state index in [9.17, 15) is 10.1 Å². The molecule has 132 valence electrons. The Labute approximate surface area is 153 Å². The van der Waals surface area contributed by atoms with Crippen LogP contribution in [0.15, 0.2) is 60.0 Å². The first-order valence-electron chi connectivity index (χ1n) is 7.67. The summed E-state index contributed by atoms with van der Waals surface area (Å²) >= 11 is 5.93. The van der Waals surface area contributed by atoms with E-state index in [1.165, 1.54) is 6.33 Å². The lowest BCUT2D eigenvalue weighted by atomic mass is 9.95. The highest BCUT2D eigenvalue weighted by Crippen LogP contribution is 2.19. The van der Waals surface area contributed by atoms with Crippen molar-refractivity contribution < 1.29 is 10.0 Å². The van der Waals surface area contributed by atoms with Crippen LogP contribution in [-0.4, -0.2) is 26.0 Å². The van der Waals surface area contributed by atoms with Gasteiger partial charge in [-0.2, -0.15) is 10.0 Å². The van der Waals surface area contributed by atoms with Crippen molar-refractivity contribution in [1.29, 1.82) is 0 Å². The SMILES string of the molecule is O=[N+]([O-])ON=C(Cc1nc[nH]n1)c1ccccc1Cc1ccc(Cl)cc1. The Morgan fingerprint density at radius 3 is 2.69 bits per heavy atom. The Morgan fingerprint density at radius 2 is 2.00 bits per heavy atom. The highest BCUT2D eigenvalue weighted by atomic mass is 35.5. The van der Waals surface area contributed by atoms with Gasteiger partial charge in [-0.15, -0.1) is 0 Å². The van der Waals surface area contributed by atoms with Crippen molar-refractivity contribution in [2.75, 3.05) is 0 Å². The first kappa shape index (κ1) is 17.6. The normalized spacial score (nSPS) is 11.3. The van der Waals surface area contributed by atoms with Gasteiger partial charge in [-0.05, 0) is 29.7 Å². The minimum atomic E-state index is -0.959. The van der Waals surface area contributed by atoms with Crippen LogP contribution in [0.25, 0.3) is 0 Å². The number of aromatic nitrogens is 3. The molecule has 0 saturated heterocycles. The second-order valence-corrected chi connectivity index (χ2v) is 5.83. The molecule has 0 bridgehead atoms. The first-order valence-corrected chi connectivity index (χ1v) is 8.05. The van der Waals surface area contributed by atoms with Crippen LogP contribution in [0.5, 0.6) is 0 Å². The summed E-state index contributed by atoms with van der Waals surface area (Å²) in [6, 6.07) is 15.0. The molecule has 3 aromatic rings. The van der Waals surface area contributed by atoms with Crippen LogP contribution in [0, 0.1) is 10.1 Å². The zero-order valence-electron chi connectivity index (χ0n) is 13.5. The van der Waals surface area contributed by atoms with Crippen molar-refractivity contribution in [3.63, 3.8) is 0 Å². The topological polar surface area (TPSA) is 106 Å². The van der Waals surface area contributed by atoms with Crippen molar-refractivity contribution in [2.24, 2.45) is 5.16 Å². The fourth-order valence-corrected chi connectivity index (χ4v) is 2.63. The van der Waals surface area contributed by atoms with Gasteiger partial charge < -0.3 is 0 Å². The summed E-state index contributed by atoms with van der Waals surface area (Å²) in [5, 5.41) is 20.5. The summed E-state index contributed by atoms with van der Waals surface area (Å²) in [4.78, 5) is 18.9. The lowest BCUT2D eigenvalue weighted by Crippen LogP contribution is -2.12. The van der Waals surface area contributed by atoms with Crippen LogP contribution in [0.4, 0.5) is 0 Å². The molecule has 0 fully saturated rings. The fourth-order valence-electron chi connectivity index (χ4n) is 2.51. The molecule has 0 saturated carbocycles. The van der Waals surface area contributed by atoms with E-state index in [1.54, 1.807) is 0 Å². The maximum absolute atomic E-state index is 10.6. The molecule has 0 aliphatic rings. The third-order valence-corrected chi connectivity index (χ3v) is 3.90. The molecule has 0 radical (unpaired) electrons. The zero-order valence-corrected chi connectivity index (χ0v) is 14.3. The minimum Gasteiger partial charge on any atom is -0.266 e. The molecule has 8 nitrogen and oxygen atoms in total. The van der Waals surface area contributed by atoms with Crippen LogP contribution in [0.3, 0.4) is 0 Å². The van der Waals surface area contributed by atoms with Crippen LogP contribution < -0.4 is 0 Å². The second-order valence-electron chi connectivity index (χ2n) is 5.40. The Kier molecular flexibility index (Phi) is 5.55. The molecule has 0 aliphatic heterocycles. The van der Waals surface area contributed by atoms with E-state index in [4.69, 9.17) is 11.6 Å². The van der Waals surface area contributed by atoms with Crippen molar-refractivity contribution in [2.45, 2.75) is 12.8 Å². The number of aromatic amines is 1. The minimum absolute atomic E-state index is 0.189. The first-order chi connectivity index (χ1) is 12.6. The summed E-state index contributed by atoms with van der Waals surface area (Å²) in [5.41, 5.74) is 3.09. The number of hydrogen-bond acceptors (Lipinski definition) is 6. The summed E-state index contributed by atoms with van der Waals surface area (Å²) < 4.78 is 0. The van der Waals surface area contributed by atoms with Crippen LogP contribution in [0.2, 0.25) is 5.02 Å². The molecule has 0 atom stereocenters. The van der Waals surface area contributed by atoms with Gasteiger partial charge in [-0.25, -0.2) is 15.1 Å². The van der Waals surface area contributed by atoms with E-state index in [0.717, 1.165) is 16.7 Å². The standard InChI is InChI=1S/C17H14ClN5O3/c18-14-7-5-12(6-8-14)9-13-3-1-2-4-15(13)16(22-26-23(24)25)10-17-19-11-20-21-17/h1-8,11H,9-10H2,(H,19,20,21). The van der Waals surface area contributed by atoms with Crippen LogP contribution in [-0.2, 0) is 17.8 Å². The summed E-state index contributed by atoms with van der Waals surface area (Å²) in [6.07, 6.45) is 2.23. The molecular formula is C17H14ClN5O3. The van der Waals surface area contributed by atoms with Crippen molar-refractivity contribution in [1.82, 2.24) is 15.2 Å². The lowest BCUT2D eigenvalue weighted by Gasteiger charge is -2.09. The van der Waals surface area contributed by atoms with Crippen molar-refractivity contribution in [3.8, 4) is 0 Å². The number of hydrogen-bond donors (Lipinski definition) is 1. The van der Waals surface area contributed by atoms with Crippen LogP contribution in [0.1, 0.15) is 22.5 Å². The maximum atomic E-state index is 10.6. The van der Waals surface area contributed by atoms with Gasteiger partial charge in [0.1, 0.15) is 6.33 Å². The van der Waals surface area contributed by atoms with Gasteiger partial charge in [-0.3, -0.25) is 5.10 Å². The average molecular weight is 372 g/mol. The number of oxime groups is 1. The summed E-state index contributed by atoms with van der Waals surface area (Å²) in [7, 11) is 0. The van der Waals surface area contributed by atoms with Gasteiger partial charge in [0.15, 0.2) is 16.6 Å². The van der Waals surface area contributed by atoms with Gasteiger partial charge in [0.2, 0.25) is 0 Å². The predicted molar refractivity (Wildman–Crippen MR) is 95.4 cm³/mol. The molecule has 0 spiro atoms. The Bertz CT molecular complexity index is 910. The van der Waals surface area contributed by atoms with Gasteiger partial charge in [0, 0.05) is 10.6 Å². The molecule has 0 amide bonds. The Balaban J connectivity index is 1.94. The largest absolute Gasteiger partial charge is 0.266 e. The maximum Gasteiger partial charge on any atom is 0.198 e. The molecule has 0 unspecified atom stereocenters. The zero-order chi connectivity index (χ0) is 18.4. The molecule has 1 aromatic heterocycles. The Morgan fingerprint density at radius 1 is 1.23 bits per heavy atom. The Hall–Kier alpha value is -3.26. The van der Waals surface area contributed by atoms with E-state index >= 15 is 0 Å². The third kappa shape index (κ3) is 4.64. The second kappa shape index (κ2) is 8.21. The highest BCUT2D eigenvalue weighted by molar-refractivity contribution is 6.30. The molecule has 1 N–H and O–H groups in total. The number of halogens is 1. The van der Waals surface area contributed by atoms with E-state index in [2.05, 4.69) is 25.3 Å². The van der Waals surface area contributed by atoms with E-state index < -0.39 is 5.09 Å². The molecule has 0 aliphatic carbocycles. The van der Waals surface area contributed by atoms with Gasteiger partial charge in [0.05, 0.1) is 11.6 Å². The van der Waals surface area contributed by atoms with Gasteiger partial charge >= 0.3 is 0 Å². The predicted octanol–water partition coefficient (Wildman–Crippen LogP) is 3.20. The number of H-pyrrole nitrogens is 1. The molecule has 9 heteroatoms. The molecule has 2 aromatic carbocycles. The molecule has 26 heavy (non-hydrogen) atoms. The monoisotopic (exact) mass is 371 g/mol. The average Bonchev–Trinajstić information content (AvgIpc) is 3.14. The molecule has 1 heterocycles. The summed E-state index contributed by atoms with van der Waals surface area (Å²) in [5.74, 6) is 0.456. The summed E-state index contributed by atoms with van der Waals surface area (Å²) in [6.45, 7) is 0. The fraction of sp³-hybridized carbons (Fsp3) is 0.118. The van der Waals surface area contributed by atoms with Crippen LogP contribution >= 0.6 is 11.6 Å². The lowest BCUT2D eigenvalue weighted by molar-refractivity contribution is -0.760. The quantitative estimate of drug-likeness (QED) is 0.390. The third-order valence-electron chi connectivity index (χ3n) is 3.64. The van der Waals surface area contributed by atoms with Crippen molar-refractivity contribution >= 4 is 17.3 Å². The van der Waals surface area contributed by atoms with Gasteiger partial charge in [-0.1, -0.05) is 48.0 Å². The molecular weight excluding hydrogens is 358 g/mol. The number of nitrogens with zero attached hydrogens (tertiary/aromatic N) is 4. The van der Waals surface area contributed by atoms with Crippen molar-refractivity contribution in [3.05, 3.63) is 92.5 Å². The number of nitrogens with one attached hydrogen (secondary N) is 1. The number of benzene rings is 2. The van der Waals surface area contributed by atoms with Gasteiger partial charge in [0.25, 0.3) is 0 Å².